The van der Waals surface area contributed by atoms with Gasteiger partial charge in [0.1, 0.15) is 0 Å². The summed E-state index contributed by atoms with van der Waals surface area (Å²) >= 11 is 6.06. The second-order valence-electron chi connectivity index (χ2n) is 5.89. The summed E-state index contributed by atoms with van der Waals surface area (Å²) in [5.41, 5.74) is 1.66. The van der Waals surface area contributed by atoms with Crippen molar-refractivity contribution in [2.24, 2.45) is 5.92 Å². The maximum atomic E-state index is 12.3. The number of likely N-dealkylation sites (tertiary alicyclic amines) is 1. The van der Waals surface area contributed by atoms with Gasteiger partial charge in [0.2, 0.25) is 5.91 Å². The topological polar surface area (TPSA) is 52.7 Å². The van der Waals surface area contributed by atoms with Crippen molar-refractivity contribution in [3.8, 4) is 0 Å². The van der Waals surface area contributed by atoms with Crippen LogP contribution in [0, 0.1) is 12.8 Å². The lowest BCUT2D eigenvalue weighted by Gasteiger charge is -2.32. The number of carbonyl (C=O) groups is 2. The lowest BCUT2D eigenvalue weighted by molar-refractivity contribution is -0.134. The molecule has 0 radical (unpaired) electrons. The second kappa shape index (κ2) is 7.01. The van der Waals surface area contributed by atoms with E-state index in [1.807, 2.05) is 19.1 Å². The third-order valence-electron chi connectivity index (χ3n) is 4.00. The van der Waals surface area contributed by atoms with Crippen molar-refractivity contribution in [2.45, 2.75) is 19.8 Å². The number of hydrogen-bond acceptors (Lipinski definition) is 2. The van der Waals surface area contributed by atoms with Gasteiger partial charge in [-0.05, 0) is 37.5 Å². The molecule has 3 amide bonds. The zero-order chi connectivity index (χ0) is 16.3. The van der Waals surface area contributed by atoms with Crippen LogP contribution in [0.25, 0.3) is 0 Å². The van der Waals surface area contributed by atoms with Gasteiger partial charge in [-0.25, -0.2) is 4.79 Å². The summed E-state index contributed by atoms with van der Waals surface area (Å²) < 4.78 is 0. The van der Waals surface area contributed by atoms with E-state index in [9.17, 15) is 9.59 Å². The predicted octanol–water partition coefficient (Wildman–Crippen LogP) is 2.98. The van der Waals surface area contributed by atoms with Crippen LogP contribution in [0.1, 0.15) is 18.4 Å². The van der Waals surface area contributed by atoms with Gasteiger partial charge >= 0.3 is 6.03 Å². The second-order valence-corrected chi connectivity index (χ2v) is 6.30. The Labute approximate surface area is 136 Å². The highest BCUT2D eigenvalue weighted by molar-refractivity contribution is 6.31. The Morgan fingerprint density at radius 2 is 1.91 bits per heavy atom. The number of anilines is 1. The molecule has 1 N–H and O–H groups in total. The molecule has 1 aliphatic heterocycles. The van der Waals surface area contributed by atoms with Crippen molar-refractivity contribution in [3.05, 3.63) is 28.8 Å². The molecule has 0 bridgehead atoms. The van der Waals surface area contributed by atoms with Gasteiger partial charge in [-0.1, -0.05) is 17.7 Å². The Morgan fingerprint density at radius 1 is 1.27 bits per heavy atom. The van der Waals surface area contributed by atoms with E-state index >= 15 is 0 Å². The number of halogens is 1. The number of hydrogen-bond donors (Lipinski definition) is 1. The lowest BCUT2D eigenvalue weighted by Crippen LogP contribution is -2.44. The van der Waals surface area contributed by atoms with Gasteiger partial charge in [0.05, 0.1) is 0 Å². The van der Waals surface area contributed by atoms with Gasteiger partial charge in [0.25, 0.3) is 0 Å². The summed E-state index contributed by atoms with van der Waals surface area (Å²) in [5, 5.41) is 3.49. The minimum absolute atomic E-state index is 0.0212. The Balaban J connectivity index is 1.89. The van der Waals surface area contributed by atoms with E-state index < -0.39 is 0 Å². The van der Waals surface area contributed by atoms with Crippen molar-refractivity contribution < 1.29 is 9.59 Å². The number of amides is 3. The SMILES string of the molecule is Cc1ccc(NC(=O)N2CCC(C(=O)N(C)C)CC2)cc1Cl. The van der Waals surface area contributed by atoms with E-state index in [2.05, 4.69) is 5.32 Å². The summed E-state index contributed by atoms with van der Waals surface area (Å²) in [4.78, 5) is 27.5. The van der Waals surface area contributed by atoms with Gasteiger partial charge in [0, 0.05) is 43.8 Å². The number of nitrogens with zero attached hydrogens (tertiary/aromatic N) is 2. The zero-order valence-corrected chi connectivity index (χ0v) is 14.0. The van der Waals surface area contributed by atoms with Gasteiger partial charge in [-0.15, -0.1) is 0 Å². The molecule has 0 unspecified atom stereocenters. The van der Waals surface area contributed by atoms with E-state index in [-0.39, 0.29) is 17.9 Å². The van der Waals surface area contributed by atoms with Crippen LogP contribution >= 0.6 is 11.6 Å². The van der Waals surface area contributed by atoms with Crippen LogP contribution < -0.4 is 5.32 Å². The van der Waals surface area contributed by atoms with Crippen LogP contribution in [0.2, 0.25) is 5.02 Å². The Bertz CT molecular complexity index is 567. The molecule has 120 valence electrons. The van der Waals surface area contributed by atoms with E-state index in [0.29, 0.717) is 36.6 Å². The van der Waals surface area contributed by atoms with Crippen LogP contribution in [-0.4, -0.2) is 48.9 Å². The Hall–Kier alpha value is -1.75. The smallest absolute Gasteiger partial charge is 0.321 e. The molecule has 1 aromatic rings. The minimum atomic E-state index is -0.143. The first kappa shape index (κ1) is 16.6. The van der Waals surface area contributed by atoms with E-state index in [0.717, 1.165) is 5.56 Å². The van der Waals surface area contributed by atoms with Crippen molar-refractivity contribution in [2.75, 3.05) is 32.5 Å². The standard InChI is InChI=1S/C16H22ClN3O2/c1-11-4-5-13(10-14(11)17)18-16(22)20-8-6-12(7-9-20)15(21)19(2)3/h4-5,10,12H,6-9H2,1-3H3,(H,18,22). The highest BCUT2D eigenvalue weighted by atomic mass is 35.5. The van der Waals surface area contributed by atoms with Crippen molar-refractivity contribution in [1.82, 2.24) is 9.80 Å². The molecule has 6 heteroatoms. The third-order valence-corrected chi connectivity index (χ3v) is 4.40. The van der Waals surface area contributed by atoms with Crippen LogP contribution in [0.15, 0.2) is 18.2 Å². The number of rotatable bonds is 2. The monoisotopic (exact) mass is 323 g/mol. The fourth-order valence-corrected chi connectivity index (χ4v) is 2.75. The van der Waals surface area contributed by atoms with Crippen molar-refractivity contribution in [1.29, 1.82) is 0 Å². The van der Waals surface area contributed by atoms with Crippen LogP contribution in [0.3, 0.4) is 0 Å². The maximum absolute atomic E-state index is 12.3. The number of nitrogens with one attached hydrogen (secondary N) is 1. The number of aryl methyl sites for hydroxylation is 1. The van der Waals surface area contributed by atoms with Crippen LogP contribution in [0.5, 0.6) is 0 Å². The molecule has 2 rings (SSSR count). The largest absolute Gasteiger partial charge is 0.349 e. The molecule has 0 aromatic heterocycles. The first-order chi connectivity index (χ1) is 10.4. The van der Waals surface area contributed by atoms with Gasteiger partial charge in [-0.2, -0.15) is 0 Å². The molecule has 0 atom stereocenters. The maximum Gasteiger partial charge on any atom is 0.321 e. The summed E-state index contributed by atoms with van der Waals surface area (Å²) in [6.45, 7) is 3.10. The molecule has 0 spiro atoms. The van der Waals surface area contributed by atoms with Crippen molar-refractivity contribution >= 4 is 29.2 Å². The van der Waals surface area contributed by atoms with Crippen LogP contribution in [0.4, 0.5) is 10.5 Å². The fraction of sp³-hybridized carbons (Fsp3) is 0.500. The number of carbonyl (C=O) groups excluding carboxylic acids is 2. The third kappa shape index (κ3) is 3.91. The molecule has 1 aliphatic rings. The predicted molar refractivity (Wildman–Crippen MR) is 88.2 cm³/mol. The molecule has 0 saturated carbocycles. The van der Waals surface area contributed by atoms with E-state index in [1.165, 1.54) is 0 Å². The molecule has 1 fully saturated rings. The molecule has 1 heterocycles. The van der Waals surface area contributed by atoms with Gasteiger partial charge in [0.15, 0.2) is 0 Å². The number of piperidine rings is 1. The molecule has 5 nitrogen and oxygen atoms in total. The van der Waals surface area contributed by atoms with Gasteiger partial charge < -0.3 is 15.1 Å². The van der Waals surface area contributed by atoms with E-state index in [1.54, 1.807) is 30.0 Å². The Morgan fingerprint density at radius 3 is 2.45 bits per heavy atom. The molecular formula is C16H22ClN3O2. The highest BCUT2D eigenvalue weighted by Crippen LogP contribution is 2.22. The normalized spacial score (nSPS) is 15.5. The first-order valence-electron chi connectivity index (χ1n) is 7.41. The van der Waals surface area contributed by atoms with E-state index in [4.69, 9.17) is 11.6 Å². The lowest BCUT2D eigenvalue weighted by atomic mass is 9.96. The van der Waals surface area contributed by atoms with Gasteiger partial charge in [-0.3, -0.25) is 4.79 Å². The summed E-state index contributed by atoms with van der Waals surface area (Å²) in [7, 11) is 3.53. The average molecular weight is 324 g/mol. The zero-order valence-electron chi connectivity index (χ0n) is 13.2. The minimum Gasteiger partial charge on any atom is -0.349 e. The quantitative estimate of drug-likeness (QED) is 0.909. The summed E-state index contributed by atoms with van der Waals surface area (Å²) in [6.07, 6.45) is 1.41. The molecule has 22 heavy (non-hydrogen) atoms. The number of benzene rings is 1. The molecule has 0 aliphatic carbocycles. The fourth-order valence-electron chi connectivity index (χ4n) is 2.57. The molecule has 1 aromatic carbocycles. The average Bonchev–Trinajstić information content (AvgIpc) is 2.50. The Kier molecular flexibility index (Phi) is 5.29. The summed E-state index contributed by atoms with van der Waals surface area (Å²) in [6, 6.07) is 5.31. The summed E-state index contributed by atoms with van der Waals surface area (Å²) in [5.74, 6) is 0.165. The molecular weight excluding hydrogens is 302 g/mol. The molecule has 1 saturated heterocycles. The highest BCUT2D eigenvalue weighted by Gasteiger charge is 2.28. The number of urea groups is 1. The van der Waals surface area contributed by atoms with Crippen LogP contribution in [-0.2, 0) is 4.79 Å². The first-order valence-corrected chi connectivity index (χ1v) is 7.79. The van der Waals surface area contributed by atoms with Crippen molar-refractivity contribution in [3.63, 3.8) is 0 Å².